The highest BCUT2D eigenvalue weighted by molar-refractivity contribution is 9.10. The predicted octanol–water partition coefficient (Wildman–Crippen LogP) is 3.54. The second kappa shape index (κ2) is 6.55. The zero-order valence-electron chi connectivity index (χ0n) is 12.5. The fourth-order valence-corrected chi connectivity index (χ4v) is 3.14. The van der Waals surface area contributed by atoms with Gasteiger partial charge in [0.15, 0.2) is 0 Å². The highest BCUT2D eigenvalue weighted by Crippen LogP contribution is 2.32. The molecule has 0 aromatic heterocycles. The standard InChI is InChI=1S/C15H20BrClN2O2/c1-10(2)19-7-6-15(9-19,14(20)21-3)18-11-4-5-13(17)12(16)8-11/h4-5,8,10,18H,6-7,9H2,1-3H3. The summed E-state index contributed by atoms with van der Waals surface area (Å²) in [7, 11) is 1.43. The average molecular weight is 376 g/mol. The first-order valence-corrected chi connectivity index (χ1v) is 8.11. The van der Waals surface area contributed by atoms with Crippen molar-refractivity contribution in [2.75, 3.05) is 25.5 Å². The normalized spacial score (nSPS) is 22.6. The fraction of sp³-hybridized carbons (Fsp3) is 0.533. The molecule has 1 aliphatic heterocycles. The van der Waals surface area contributed by atoms with Gasteiger partial charge in [0.25, 0.3) is 0 Å². The summed E-state index contributed by atoms with van der Waals surface area (Å²) in [5, 5.41) is 3.99. The molecule has 0 radical (unpaired) electrons. The van der Waals surface area contributed by atoms with Crippen molar-refractivity contribution >= 4 is 39.2 Å². The molecule has 4 nitrogen and oxygen atoms in total. The maximum Gasteiger partial charge on any atom is 0.332 e. The van der Waals surface area contributed by atoms with Gasteiger partial charge in [-0.15, -0.1) is 0 Å². The smallest absolute Gasteiger partial charge is 0.332 e. The second-order valence-electron chi connectivity index (χ2n) is 5.64. The van der Waals surface area contributed by atoms with Crippen molar-refractivity contribution in [2.45, 2.75) is 31.8 Å². The molecule has 1 unspecified atom stereocenters. The van der Waals surface area contributed by atoms with Crippen LogP contribution in [0.3, 0.4) is 0 Å². The first kappa shape index (κ1) is 16.6. The Morgan fingerprint density at radius 3 is 2.76 bits per heavy atom. The zero-order chi connectivity index (χ0) is 15.6. The predicted molar refractivity (Wildman–Crippen MR) is 88.8 cm³/mol. The number of carbonyl (C=O) groups is 1. The number of nitrogens with zero attached hydrogens (tertiary/aromatic N) is 1. The lowest BCUT2D eigenvalue weighted by atomic mass is 9.98. The molecule has 0 aliphatic carbocycles. The molecule has 1 aromatic rings. The minimum Gasteiger partial charge on any atom is -0.467 e. The molecule has 116 valence electrons. The van der Waals surface area contributed by atoms with Crippen LogP contribution in [0.25, 0.3) is 0 Å². The van der Waals surface area contributed by atoms with E-state index in [0.29, 0.717) is 17.6 Å². The lowest BCUT2D eigenvalue weighted by Crippen LogP contribution is -2.50. The van der Waals surface area contributed by atoms with Gasteiger partial charge in [-0.2, -0.15) is 0 Å². The van der Waals surface area contributed by atoms with Crippen LogP contribution >= 0.6 is 27.5 Å². The number of hydrogen-bond donors (Lipinski definition) is 1. The number of benzene rings is 1. The van der Waals surface area contributed by atoms with Crippen LogP contribution in [0.2, 0.25) is 5.02 Å². The molecule has 0 saturated carbocycles. The van der Waals surface area contributed by atoms with Gasteiger partial charge in [0.1, 0.15) is 5.54 Å². The van der Waals surface area contributed by atoms with E-state index in [1.165, 1.54) is 7.11 Å². The van der Waals surface area contributed by atoms with Crippen LogP contribution in [0.1, 0.15) is 20.3 Å². The van der Waals surface area contributed by atoms with E-state index in [-0.39, 0.29) is 5.97 Å². The molecule has 1 aromatic carbocycles. The van der Waals surface area contributed by atoms with Gasteiger partial charge in [0, 0.05) is 29.3 Å². The van der Waals surface area contributed by atoms with Crippen LogP contribution in [-0.2, 0) is 9.53 Å². The highest BCUT2D eigenvalue weighted by Gasteiger charge is 2.46. The van der Waals surface area contributed by atoms with Crippen LogP contribution in [0, 0.1) is 0 Å². The van der Waals surface area contributed by atoms with E-state index < -0.39 is 5.54 Å². The minimum atomic E-state index is -0.702. The number of likely N-dealkylation sites (tertiary alicyclic amines) is 1. The Kier molecular flexibility index (Phi) is 5.17. The Morgan fingerprint density at radius 1 is 1.52 bits per heavy atom. The number of nitrogens with one attached hydrogen (secondary N) is 1. The number of rotatable bonds is 4. The quantitative estimate of drug-likeness (QED) is 0.817. The Balaban J connectivity index is 2.25. The fourth-order valence-electron chi connectivity index (χ4n) is 2.65. The highest BCUT2D eigenvalue weighted by atomic mass is 79.9. The molecular weight excluding hydrogens is 356 g/mol. The molecule has 1 atom stereocenters. The van der Waals surface area contributed by atoms with E-state index in [9.17, 15) is 4.79 Å². The molecule has 0 spiro atoms. The third-order valence-corrected chi connectivity index (χ3v) is 5.12. The van der Waals surface area contributed by atoms with E-state index in [0.717, 1.165) is 23.1 Å². The van der Waals surface area contributed by atoms with E-state index in [1.807, 2.05) is 12.1 Å². The Labute approximate surface area is 138 Å². The maximum absolute atomic E-state index is 12.3. The van der Waals surface area contributed by atoms with Crippen molar-refractivity contribution < 1.29 is 9.53 Å². The average Bonchev–Trinajstić information content (AvgIpc) is 2.88. The lowest BCUT2D eigenvalue weighted by Gasteiger charge is -2.30. The van der Waals surface area contributed by atoms with Gasteiger partial charge in [-0.25, -0.2) is 4.79 Å². The summed E-state index contributed by atoms with van der Waals surface area (Å²) in [4.78, 5) is 14.6. The molecule has 1 saturated heterocycles. The molecule has 0 bridgehead atoms. The van der Waals surface area contributed by atoms with E-state index in [1.54, 1.807) is 6.07 Å². The summed E-state index contributed by atoms with van der Waals surface area (Å²) >= 11 is 9.42. The van der Waals surface area contributed by atoms with Gasteiger partial charge in [-0.1, -0.05) is 11.6 Å². The van der Waals surface area contributed by atoms with Crippen LogP contribution < -0.4 is 5.32 Å². The van der Waals surface area contributed by atoms with Gasteiger partial charge in [-0.3, -0.25) is 4.90 Å². The number of esters is 1. The number of ether oxygens (including phenoxy) is 1. The van der Waals surface area contributed by atoms with Gasteiger partial charge >= 0.3 is 5.97 Å². The third kappa shape index (κ3) is 3.52. The molecule has 21 heavy (non-hydrogen) atoms. The third-order valence-electron chi connectivity index (χ3n) is 3.91. The number of anilines is 1. The van der Waals surface area contributed by atoms with Crippen LogP contribution in [0.5, 0.6) is 0 Å². The first-order valence-electron chi connectivity index (χ1n) is 6.93. The SMILES string of the molecule is COC(=O)C1(Nc2ccc(Cl)c(Br)c2)CCN(C(C)C)C1. The molecule has 1 fully saturated rings. The second-order valence-corrected chi connectivity index (χ2v) is 6.90. The monoisotopic (exact) mass is 374 g/mol. The van der Waals surface area contributed by atoms with Gasteiger partial charge in [0.05, 0.1) is 12.1 Å². The summed E-state index contributed by atoms with van der Waals surface area (Å²) in [6, 6.07) is 5.95. The van der Waals surface area contributed by atoms with Crippen molar-refractivity contribution in [2.24, 2.45) is 0 Å². The number of halogens is 2. The summed E-state index contributed by atoms with van der Waals surface area (Å²) in [5.41, 5.74) is 0.147. The first-order chi connectivity index (χ1) is 9.88. The lowest BCUT2D eigenvalue weighted by molar-refractivity contribution is -0.145. The van der Waals surface area contributed by atoms with Crippen molar-refractivity contribution in [1.29, 1.82) is 0 Å². The Bertz CT molecular complexity index is 538. The largest absolute Gasteiger partial charge is 0.467 e. The molecular formula is C15H20BrClN2O2. The Hall–Kier alpha value is -0.780. The van der Waals surface area contributed by atoms with Crippen molar-refractivity contribution in [1.82, 2.24) is 4.90 Å². The van der Waals surface area contributed by atoms with E-state index in [4.69, 9.17) is 16.3 Å². The molecule has 1 aliphatic rings. The molecule has 2 rings (SSSR count). The van der Waals surface area contributed by atoms with Crippen molar-refractivity contribution in [3.63, 3.8) is 0 Å². The topological polar surface area (TPSA) is 41.6 Å². The van der Waals surface area contributed by atoms with Crippen molar-refractivity contribution in [3.8, 4) is 0 Å². The maximum atomic E-state index is 12.3. The molecule has 1 N–H and O–H groups in total. The van der Waals surface area contributed by atoms with Gasteiger partial charge in [-0.05, 0) is 54.4 Å². The molecule has 1 heterocycles. The summed E-state index contributed by atoms with van der Waals surface area (Å²) < 4.78 is 5.82. The van der Waals surface area contributed by atoms with E-state index >= 15 is 0 Å². The molecule has 0 amide bonds. The van der Waals surface area contributed by atoms with Crippen molar-refractivity contribution in [3.05, 3.63) is 27.7 Å². The van der Waals surface area contributed by atoms with E-state index in [2.05, 4.69) is 40.0 Å². The number of hydrogen-bond acceptors (Lipinski definition) is 4. The van der Waals surface area contributed by atoms with Crippen LogP contribution in [0.4, 0.5) is 5.69 Å². The molecule has 6 heteroatoms. The number of methoxy groups -OCH3 is 1. The summed E-state index contributed by atoms with van der Waals surface area (Å²) in [5.74, 6) is -0.225. The number of carbonyl (C=O) groups excluding carboxylic acids is 1. The summed E-state index contributed by atoms with van der Waals surface area (Å²) in [6.45, 7) is 5.77. The van der Waals surface area contributed by atoms with Gasteiger partial charge in [0.2, 0.25) is 0 Å². The van der Waals surface area contributed by atoms with Crippen LogP contribution in [0.15, 0.2) is 22.7 Å². The van der Waals surface area contributed by atoms with Crippen LogP contribution in [-0.4, -0.2) is 42.6 Å². The Morgan fingerprint density at radius 2 is 2.24 bits per heavy atom. The zero-order valence-corrected chi connectivity index (χ0v) is 14.8. The summed E-state index contributed by atoms with van der Waals surface area (Å²) in [6.07, 6.45) is 0.720. The van der Waals surface area contributed by atoms with Gasteiger partial charge < -0.3 is 10.1 Å². The minimum absolute atomic E-state index is 0.225.